The second-order valence-corrected chi connectivity index (χ2v) is 7.52. The zero-order chi connectivity index (χ0) is 21.5. The molecule has 2 N–H and O–H groups in total. The van der Waals surface area contributed by atoms with Crippen LogP contribution in [0, 0.1) is 6.07 Å². The van der Waals surface area contributed by atoms with E-state index in [-0.39, 0.29) is 29.3 Å². The van der Waals surface area contributed by atoms with Gasteiger partial charge in [0, 0.05) is 36.7 Å². The fourth-order valence-electron chi connectivity index (χ4n) is 3.85. The third-order valence-corrected chi connectivity index (χ3v) is 5.52. The van der Waals surface area contributed by atoms with E-state index in [1.54, 1.807) is 24.3 Å². The number of benzene rings is 2. The van der Waals surface area contributed by atoms with Gasteiger partial charge in [-0.3, -0.25) is 9.59 Å². The molecule has 0 saturated carbocycles. The maximum Gasteiger partial charge on any atom is 0.280 e. The Kier molecular flexibility index (Phi) is 5.78. The molecule has 3 aromatic carbocycles. The number of amides is 1. The van der Waals surface area contributed by atoms with Crippen molar-refractivity contribution in [3.05, 3.63) is 102 Å². The Balaban J connectivity index is 0.00000245. The van der Waals surface area contributed by atoms with E-state index >= 15 is 0 Å². The van der Waals surface area contributed by atoms with Gasteiger partial charge in [0.1, 0.15) is 10.9 Å². The van der Waals surface area contributed by atoms with Gasteiger partial charge in [0.2, 0.25) is 0 Å². The summed E-state index contributed by atoms with van der Waals surface area (Å²) in [5.74, 6) is -0.551. The zero-order valence-corrected chi connectivity index (χ0v) is 18.0. The molecule has 4 aromatic rings. The zero-order valence-electron chi connectivity index (χ0n) is 16.8. The average molecular weight is 468 g/mol. The average Bonchev–Trinajstić information content (AvgIpc) is 2.79. The monoisotopic (exact) mass is 468 g/mol. The molecular formula is C23H17MnN4O4-. The minimum absolute atomic E-state index is 0. The third kappa shape index (κ3) is 3.88. The third-order valence-electron chi connectivity index (χ3n) is 5.52. The molecule has 0 spiro atoms. The minimum Gasteiger partial charge on any atom is -0.385 e. The number of carbonyl (C=O) groups is 1. The summed E-state index contributed by atoms with van der Waals surface area (Å²) in [6.45, 7) is 1.39. The standard InChI is InChI=1S/C23H17N4O4.Mn/c28-19-10-18(21(19)29)27-8-7-14-6-5-13(9-15(14)12-27)11-24-22(30)20-23(31)26-17-4-2-1-3-16(17)25-20;/h1-6,9H,7-8,11-12H2,(H,24,30)(H,26,31);/q-1;. The largest absolute Gasteiger partial charge is 0.385 e. The number of para-hydroxylation sites is 2. The molecule has 0 unspecified atom stereocenters. The van der Waals surface area contributed by atoms with Crippen LogP contribution in [-0.2, 0) is 36.6 Å². The molecule has 161 valence electrons. The Labute approximate surface area is 192 Å². The van der Waals surface area contributed by atoms with E-state index in [4.69, 9.17) is 0 Å². The number of aromatic amines is 1. The molecule has 2 heterocycles. The molecule has 9 heteroatoms. The summed E-state index contributed by atoms with van der Waals surface area (Å²) < 4.78 is 0. The summed E-state index contributed by atoms with van der Waals surface area (Å²) in [6, 6.07) is 15.5. The van der Waals surface area contributed by atoms with Gasteiger partial charge in [-0.15, -0.1) is 6.07 Å². The topological polar surface area (TPSA) is 112 Å². The fourth-order valence-corrected chi connectivity index (χ4v) is 3.85. The Morgan fingerprint density at radius 3 is 2.72 bits per heavy atom. The molecule has 0 fully saturated rings. The predicted octanol–water partition coefficient (Wildman–Crippen LogP) is 0.809. The number of rotatable bonds is 4. The Morgan fingerprint density at radius 1 is 1.12 bits per heavy atom. The van der Waals surface area contributed by atoms with Crippen LogP contribution in [0.25, 0.3) is 11.0 Å². The normalized spacial score (nSPS) is 12.9. The van der Waals surface area contributed by atoms with Crippen molar-refractivity contribution in [1.82, 2.24) is 15.3 Å². The number of nitrogens with one attached hydrogen (secondary N) is 2. The first-order chi connectivity index (χ1) is 15.0. The number of aromatic nitrogens is 2. The number of hydrogen-bond acceptors (Lipinski definition) is 6. The van der Waals surface area contributed by atoms with Gasteiger partial charge in [0.25, 0.3) is 11.5 Å². The summed E-state index contributed by atoms with van der Waals surface area (Å²) in [4.78, 5) is 56.3. The number of hydrogen-bond donors (Lipinski definition) is 2. The smallest absolute Gasteiger partial charge is 0.280 e. The molecule has 0 aliphatic carbocycles. The molecule has 1 aliphatic rings. The van der Waals surface area contributed by atoms with Crippen LogP contribution in [0.5, 0.6) is 0 Å². The summed E-state index contributed by atoms with van der Waals surface area (Å²) in [5.41, 5.74) is 2.72. The van der Waals surface area contributed by atoms with Crippen LogP contribution in [0.3, 0.4) is 0 Å². The fraction of sp³-hybridized carbons (Fsp3) is 0.174. The van der Waals surface area contributed by atoms with Gasteiger partial charge in [-0.05, 0) is 40.9 Å². The maximum atomic E-state index is 12.5. The Morgan fingerprint density at radius 2 is 1.94 bits per heavy atom. The van der Waals surface area contributed by atoms with Crippen molar-refractivity contribution in [3.63, 3.8) is 0 Å². The first-order valence-electron chi connectivity index (χ1n) is 9.85. The van der Waals surface area contributed by atoms with E-state index in [1.165, 1.54) is 0 Å². The molecule has 1 amide bonds. The van der Waals surface area contributed by atoms with E-state index in [1.807, 2.05) is 23.1 Å². The SMILES string of the molecule is O=C(NCc1ccc2c(c1)CN(c1[c-]c(=O)c1=O)CC2)c1nc2ccccc2[nH]c1=O.[Mn]. The van der Waals surface area contributed by atoms with Crippen LogP contribution in [0.4, 0.5) is 5.69 Å². The summed E-state index contributed by atoms with van der Waals surface area (Å²) in [6.07, 6.45) is 0.755. The molecule has 0 atom stereocenters. The van der Waals surface area contributed by atoms with Crippen molar-refractivity contribution in [1.29, 1.82) is 0 Å². The molecular weight excluding hydrogens is 451 g/mol. The Bertz CT molecular complexity index is 1470. The molecule has 5 rings (SSSR count). The number of anilines is 1. The van der Waals surface area contributed by atoms with Crippen molar-refractivity contribution < 1.29 is 21.9 Å². The van der Waals surface area contributed by atoms with Crippen LogP contribution in [-0.4, -0.2) is 22.4 Å². The summed E-state index contributed by atoms with van der Waals surface area (Å²) in [5, 5.41) is 2.75. The summed E-state index contributed by atoms with van der Waals surface area (Å²) in [7, 11) is 0. The molecule has 0 bridgehead atoms. The number of H-pyrrole nitrogens is 1. The second-order valence-electron chi connectivity index (χ2n) is 7.52. The van der Waals surface area contributed by atoms with Crippen LogP contribution in [0.2, 0.25) is 0 Å². The number of fused-ring (bicyclic) bond motifs is 2. The first-order valence-corrected chi connectivity index (χ1v) is 9.85. The predicted molar refractivity (Wildman–Crippen MR) is 115 cm³/mol. The summed E-state index contributed by atoms with van der Waals surface area (Å²) >= 11 is 0. The molecule has 1 radical (unpaired) electrons. The van der Waals surface area contributed by atoms with Gasteiger partial charge >= 0.3 is 0 Å². The number of nitrogens with zero attached hydrogens (tertiary/aromatic N) is 2. The van der Waals surface area contributed by atoms with Crippen LogP contribution < -0.4 is 26.6 Å². The molecule has 1 aromatic heterocycles. The van der Waals surface area contributed by atoms with Crippen molar-refractivity contribution in [2.75, 3.05) is 11.4 Å². The van der Waals surface area contributed by atoms with Gasteiger partial charge < -0.3 is 24.8 Å². The van der Waals surface area contributed by atoms with Gasteiger partial charge in [-0.2, -0.15) is 0 Å². The van der Waals surface area contributed by atoms with E-state index < -0.39 is 22.3 Å². The van der Waals surface area contributed by atoms with Crippen LogP contribution in [0.1, 0.15) is 27.2 Å². The van der Waals surface area contributed by atoms with Gasteiger partial charge in [-0.25, -0.2) is 4.98 Å². The van der Waals surface area contributed by atoms with Gasteiger partial charge in [-0.1, -0.05) is 30.3 Å². The molecule has 32 heavy (non-hydrogen) atoms. The van der Waals surface area contributed by atoms with Crippen molar-refractivity contribution in [2.24, 2.45) is 0 Å². The first kappa shape index (κ1) is 21.7. The quantitative estimate of drug-likeness (QED) is 0.261. The second kappa shape index (κ2) is 8.53. The number of carbonyl (C=O) groups excluding carboxylic acids is 1. The molecule has 0 saturated heterocycles. The Hall–Kier alpha value is -3.55. The van der Waals surface area contributed by atoms with Gasteiger partial charge in [0.15, 0.2) is 5.69 Å². The maximum absolute atomic E-state index is 12.5. The van der Waals surface area contributed by atoms with E-state index in [0.717, 1.165) is 23.1 Å². The molecule has 8 nitrogen and oxygen atoms in total. The van der Waals surface area contributed by atoms with Crippen molar-refractivity contribution in [2.45, 2.75) is 19.5 Å². The van der Waals surface area contributed by atoms with Crippen molar-refractivity contribution in [3.8, 4) is 0 Å². The van der Waals surface area contributed by atoms with E-state index in [0.29, 0.717) is 29.8 Å². The van der Waals surface area contributed by atoms with Crippen molar-refractivity contribution >= 4 is 22.6 Å². The van der Waals surface area contributed by atoms with E-state index in [2.05, 4.69) is 21.4 Å². The van der Waals surface area contributed by atoms with Crippen LogP contribution >= 0.6 is 0 Å². The van der Waals surface area contributed by atoms with Crippen LogP contribution in [0.15, 0.2) is 56.8 Å². The van der Waals surface area contributed by atoms with E-state index in [9.17, 15) is 19.2 Å². The van der Waals surface area contributed by atoms with Gasteiger partial charge in [0.05, 0.1) is 11.0 Å². The minimum atomic E-state index is -0.574. The molecule has 1 aliphatic heterocycles.